The number of nitrogens with zero attached hydrogens (tertiary/aromatic N) is 1. The van der Waals surface area contributed by atoms with Crippen molar-refractivity contribution in [2.24, 2.45) is 0 Å². The molecule has 0 unspecified atom stereocenters. The molecule has 1 heteroatoms. The number of rotatable bonds is 0. The lowest BCUT2D eigenvalue weighted by molar-refractivity contribution is 0.0906. The molecular formula is C11H19N. The van der Waals surface area contributed by atoms with Crippen molar-refractivity contribution in [1.82, 2.24) is 4.90 Å². The van der Waals surface area contributed by atoms with E-state index in [4.69, 9.17) is 0 Å². The zero-order valence-corrected chi connectivity index (χ0v) is 8.21. The summed E-state index contributed by atoms with van der Waals surface area (Å²) in [4.78, 5) is 2.61. The van der Waals surface area contributed by atoms with E-state index >= 15 is 0 Å². The van der Waals surface area contributed by atoms with Gasteiger partial charge in [0.25, 0.3) is 0 Å². The molecule has 2 aliphatic heterocycles. The number of piperidine rings is 2. The summed E-state index contributed by atoms with van der Waals surface area (Å²) in [6.45, 7) is 2.19. The molecule has 2 fully saturated rings. The van der Waals surface area contributed by atoms with E-state index in [-0.39, 0.29) is 0 Å². The molecule has 2 atom stereocenters. The molecule has 0 radical (unpaired) electrons. The molecular weight excluding hydrogens is 146 g/mol. The second-order valence-electron chi connectivity index (χ2n) is 4.26. The van der Waals surface area contributed by atoms with Crippen LogP contribution in [-0.4, -0.2) is 24.0 Å². The average molecular weight is 165 g/mol. The number of allylic oxidation sites excluding steroid dienone is 1. The Labute approximate surface area is 75.4 Å². The van der Waals surface area contributed by atoms with Crippen molar-refractivity contribution in [3.63, 3.8) is 0 Å². The molecule has 68 valence electrons. The molecule has 0 aromatic carbocycles. The topological polar surface area (TPSA) is 3.24 Å². The SMILES string of the molecule is C/C=C1/C[C@H]2CCC[C@@H](C1)N2C. The third-order valence-electron chi connectivity index (χ3n) is 3.63. The van der Waals surface area contributed by atoms with Crippen molar-refractivity contribution in [3.05, 3.63) is 11.6 Å². The third kappa shape index (κ3) is 1.31. The van der Waals surface area contributed by atoms with Gasteiger partial charge < -0.3 is 0 Å². The van der Waals surface area contributed by atoms with E-state index in [0.29, 0.717) is 0 Å². The van der Waals surface area contributed by atoms with Crippen LogP contribution in [-0.2, 0) is 0 Å². The lowest BCUT2D eigenvalue weighted by atomic mass is 9.82. The maximum Gasteiger partial charge on any atom is 0.0132 e. The Kier molecular flexibility index (Phi) is 2.22. The van der Waals surface area contributed by atoms with Crippen LogP contribution in [0.4, 0.5) is 0 Å². The van der Waals surface area contributed by atoms with Crippen molar-refractivity contribution in [1.29, 1.82) is 0 Å². The van der Waals surface area contributed by atoms with Crippen LogP contribution in [0, 0.1) is 0 Å². The van der Waals surface area contributed by atoms with Crippen molar-refractivity contribution < 1.29 is 0 Å². The summed E-state index contributed by atoms with van der Waals surface area (Å²) in [5.41, 5.74) is 1.70. The van der Waals surface area contributed by atoms with Crippen molar-refractivity contribution in [3.8, 4) is 0 Å². The van der Waals surface area contributed by atoms with Crippen molar-refractivity contribution >= 4 is 0 Å². The van der Waals surface area contributed by atoms with Gasteiger partial charge in [0.1, 0.15) is 0 Å². The Balaban J connectivity index is 2.12. The lowest BCUT2D eigenvalue weighted by Gasteiger charge is -2.45. The molecule has 2 rings (SSSR count). The summed E-state index contributed by atoms with van der Waals surface area (Å²) in [6, 6.07) is 1.73. The van der Waals surface area contributed by atoms with Crippen LogP contribution in [0.25, 0.3) is 0 Å². The second-order valence-corrected chi connectivity index (χ2v) is 4.26. The molecule has 2 bridgehead atoms. The number of fused-ring (bicyclic) bond motifs is 2. The van der Waals surface area contributed by atoms with Crippen LogP contribution >= 0.6 is 0 Å². The fourth-order valence-corrected chi connectivity index (χ4v) is 2.71. The van der Waals surface area contributed by atoms with Gasteiger partial charge in [-0.3, -0.25) is 4.90 Å². The standard InChI is InChI=1S/C11H19N/c1-3-9-7-10-5-4-6-11(8-9)12(10)2/h3,10-11H,4-8H2,1-2H3/b9-3-/t10-,11+/m1/s1. The first-order valence-electron chi connectivity index (χ1n) is 5.17. The lowest BCUT2D eigenvalue weighted by Crippen LogP contribution is -2.47. The van der Waals surface area contributed by atoms with Gasteiger partial charge in [-0.25, -0.2) is 0 Å². The van der Waals surface area contributed by atoms with Gasteiger partial charge in [0.2, 0.25) is 0 Å². The van der Waals surface area contributed by atoms with E-state index in [1.807, 2.05) is 0 Å². The molecule has 12 heavy (non-hydrogen) atoms. The quantitative estimate of drug-likeness (QED) is 0.499. The Bertz CT molecular complexity index is 179. The monoisotopic (exact) mass is 165 g/mol. The fraction of sp³-hybridized carbons (Fsp3) is 0.818. The van der Waals surface area contributed by atoms with Gasteiger partial charge in [0.05, 0.1) is 0 Å². The number of hydrogen-bond donors (Lipinski definition) is 0. The molecule has 0 aromatic heterocycles. The summed E-state index contributed by atoms with van der Waals surface area (Å²) >= 11 is 0. The third-order valence-corrected chi connectivity index (χ3v) is 3.63. The van der Waals surface area contributed by atoms with Gasteiger partial charge in [0.15, 0.2) is 0 Å². The smallest absolute Gasteiger partial charge is 0.0132 e. The van der Waals surface area contributed by atoms with Crippen LogP contribution in [0.2, 0.25) is 0 Å². The largest absolute Gasteiger partial charge is 0.300 e. The minimum absolute atomic E-state index is 0.865. The minimum Gasteiger partial charge on any atom is -0.300 e. The summed E-state index contributed by atoms with van der Waals surface area (Å²) in [5.74, 6) is 0. The predicted octanol–water partition coefficient (Wildman–Crippen LogP) is 2.58. The summed E-state index contributed by atoms with van der Waals surface area (Å²) in [5, 5.41) is 0. The van der Waals surface area contributed by atoms with Crippen LogP contribution in [0.3, 0.4) is 0 Å². The Morgan fingerprint density at radius 3 is 2.33 bits per heavy atom. The van der Waals surface area contributed by atoms with Crippen molar-refractivity contribution in [2.45, 2.75) is 51.1 Å². The van der Waals surface area contributed by atoms with E-state index in [0.717, 1.165) is 12.1 Å². The van der Waals surface area contributed by atoms with Gasteiger partial charge in [-0.1, -0.05) is 18.1 Å². The van der Waals surface area contributed by atoms with Crippen LogP contribution in [0.15, 0.2) is 11.6 Å². The highest BCUT2D eigenvalue weighted by molar-refractivity contribution is 5.11. The first-order chi connectivity index (χ1) is 5.81. The molecule has 0 aliphatic carbocycles. The Morgan fingerprint density at radius 1 is 1.25 bits per heavy atom. The first-order valence-corrected chi connectivity index (χ1v) is 5.17. The highest BCUT2D eigenvalue weighted by Gasteiger charge is 2.32. The molecule has 0 spiro atoms. The molecule has 0 N–H and O–H groups in total. The van der Waals surface area contributed by atoms with E-state index in [9.17, 15) is 0 Å². The molecule has 2 aliphatic rings. The van der Waals surface area contributed by atoms with E-state index in [2.05, 4.69) is 24.9 Å². The summed E-state index contributed by atoms with van der Waals surface area (Å²) in [6.07, 6.45) is 9.30. The predicted molar refractivity (Wildman–Crippen MR) is 52.2 cm³/mol. The van der Waals surface area contributed by atoms with Gasteiger partial charge in [-0.05, 0) is 39.7 Å². The molecule has 1 nitrogen and oxygen atoms in total. The highest BCUT2D eigenvalue weighted by Crippen LogP contribution is 2.35. The van der Waals surface area contributed by atoms with E-state index < -0.39 is 0 Å². The maximum atomic E-state index is 2.61. The molecule has 2 saturated heterocycles. The summed E-state index contributed by atoms with van der Waals surface area (Å²) in [7, 11) is 2.31. The Hall–Kier alpha value is -0.300. The molecule has 0 amide bonds. The van der Waals surface area contributed by atoms with Crippen LogP contribution in [0.5, 0.6) is 0 Å². The molecule has 0 saturated carbocycles. The molecule has 0 aromatic rings. The first kappa shape index (κ1) is 8.31. The van der Waals surface area contributed by atoms with Gasteiger partial charge >= 0.3 is 0 Å². The van der Waals surface area contributed by atoms with Crippen molar-refractivity contribution in [2.75, 3.05) is 7.05 Å². The fourth-order valence-electron chi connectivity index (χ4n) is 2.71. The van der Waals surface area contributed by atoms with E-state index in [1.54, 1.807) is 5.57 Å². The van der Waals surface area contributed by atoms with Gasteiger partial charge in [-0.15, -0.1) is 0 Å². The zero-order valence-electron chi connectivity index (χ0n) is 8.21. The summed E-state index contributed by atoms with van der Waals surface area (Å²) < 4.78 is 0. The normalized spacial score (nSPS) is 40.3. The van der Waals surface area contributed by atoms with E-state index in [1.165, 1.54) is 32.1 Å². The van der Waals surface area contributed by atoms with Gasteiger partial charge in [-0.2, -0.15) is 0 Å². The van der Waals surface area contributed by atoms with Crippen LogP contribution in [0.1, 0.15) is 39.0 Å². The molecule has 2 heterocycles. The number of hydrogen-bond acceptors (Lipinski definition) is 1. The second kappa shape index (κ2) is 3.21. The van der Waals surface area contributed by atoms with Gasteiger partial charge in [0, 0.05) is 12.1 Å². The zero-order chi connectivity index (χ0) is 8.55. The minimum atomic E-state index is 0.865. The van der Waals surface area contributed by atoms with Crippen LogP contribution < -0.4 is 0 Å². The Morgan fingerprint density at radius 2 is 1.83 bits per heavy atom. The maximum absolute atomic E-state index is 2.61. The highest BCUT2D eigenvalue weighted by atomic mass is 15.2. The average Bonchev–Trinajstić information content (AvgIpc) is 2.04.